The molecule has 2 aromatic rings. The predicted octanol–water partition coefficient (Wildman–Crippen LogP) is 4.45. The fourth-order valence-electron chi connectivity index (χ4n) is 2.21. The summed E-state index contributed by atoms with van der Waals surface area (Å²) in [5.41, 5.74) is 3.00. The molecule has 0 saturated heterocycles. The molecule has 2 nitrogen and oxygen atoms in total. The summed E-state index contributed by atoms with van der Waals surface area (Å²) in [7, 11) is 0. The molecule has 0 aliphatic heterocycles. The Labute approximate surface area is 125 Å². The number of nitrogens with zero attached hydrogens (tertiary/aromatic N) is 1. The molecule has 0 saturated carbocycles. The van der Waals surface area contributed by atoms with Gasteiger partial charge < -0.3 is 5.32 Å². The molecule has 1 atom stereocenters. The van der Waals surface area contributed by atoms with E-state index in [0.29, 0.717) is 5.56 Å². The zero-order chi connectivity index (χ0) is 14.4. The highest BCUT2D eigenvalue weighted by Crippen LogP contribution is 2.20. The predicted molar refractivity (Wildman–Crippen MR) is 82.5 cm³/mol. The van der Waals surface area contributed by atoms with Crippen molar-refractivity contribution in [2.75, 3.05) is 0 Å². The number of benzene rings is 2. The van der Waals surface area contributed by atoms with E-state index in [0.717, 1.165) is 23.6 Å². The minimum atomic E-state index is 0.263. The molecule has 0 fully saturated rings. The maximum atomic E-state index is 8.91. The van der Waals surface area contributed by atoms with Gasteiger partial charge in [-0.05, 0) is 41.8 Å². The minimum absolute atomic E-state index is 0.263. The van der Waals surface area contributed by atoms with Crippen LogP contribution in [0.5, 0.6) is 0 Å². The van der Waals surface area contributed by atoms with E-state index in [4.69, 9.17) is 16.9 Å². The maximum absolute atomic E-state index is 8.91. The molecule has 1 unspecified atom stereocenters. The first-order chi connectivity index (χ1) is 9.72. The molecule has 0 bridgehead atoms. The molecule has 2 aromatic carbocycles. The van der Waals surface area contributed by atoms with Crippen molar-refractivity contribution < 1.29 is 0 Å². The summed E-state index contributed by atoms with van der Waals surface area (Å²) in [6, 6.07) is 18.0. The van der Waals surface area contributed by atoms with E-state index in [1.54, 1.807) is 0 Å². The number of nitriles is 1. The zero-order valence-corrected chi connectivity index (χ0v) is 12.2. The average Bonchev–Trinajstić information content (AvgIpc) is 2.48. The number of halogens is 1. The maximum Gasteiger partial charge on any atom is 0.0991 e. The lowest BCUT2D eigenvalue weighted by Crippen LogP contribution is -2.20. The second kappa shape index (κ2) is 7.09. The number of hydrogen-bond donors (Lipinski definition) is 1. The average molecular weight is 285 g/mol. The van der Waals surface area contributed by atoms with Gasteiger partial charge >= 0.3 is 0 Å². The van der Waals surface area contributed by atoms with E-state index in [2.05, 4.69) is 24.4 Å². The van der Waals surface area contributed by atoms with Crippen molar-refractivity contribution in [2.24, 2.45) is 0 Å². The fourth-order valence-corrected chi connectivity index (χ4v) is 2.41. The quantitative estimate of drug-likeness (QED) is 0.880. The van der Waals surface area contributed by atoms with Gasteiger partial charge in [0.05, 0.1) is 11.6 Å². The van der Waals surface area contributed by atoms with Gasteiger partial charge in [-0.1, -0.05) is 42.8 Å². The Morgan fingerprint density at radius 3 is 2.70 bits per heavy atom. The molecular formula is C17H17ClN2. The van der Waals surface area contributed by atoms with Gasteiger partial charge in [-0.3, -0.25) is 0 Å². The molecule has 0 radical (unpaired) electrons. The SMILES string of the molecule is CCC(NCc1cccc(C#N)c1)c1cccc(Cl)c1. The molecule has 0 spiro atoms. The van der Waals surface area contributed by atoms with Crippen LogP contribution in [0.2, 0.25) is 5.02 Å². The van der Waals surface area contributed by atoms with Crippen LogP contribution in [0.15, 0.2) is 48.5 Å². The standard InChI is InChI=1S/C17H17ClN2/c1-2-17(15-7-4-8-16(18)10-15)20-12-14-6-3-5-13(9-14)11-19/h3-10,17,20H,2,12H2,1H3. The minimum Gasteiger partial charge on any atom is -0.306 e. The first-order valence-corrected chi connectivity index (χ1v) is 7.08. The molecule has 0 heterocycles. The summed E-state index contributed by atoms with van der Waals surface area (Å²) in [5, 5.41) is 13.2. The van der Waals surface area contributed by atoms with Gasteiger partial charge in [0.1, 0.15) is 0 Å². The van der Waals surface area contributed by atoms with Crippen molar-refractivity contribution in [2.45, 2.75) is 25.9 Å². The molecule has 0 aliphatic carbocycles. The highest BCUT2D eigenvalue weighted by atomic mass is 35.5. The second-order valence-corrected chi connectivity index (χ2v) is 5.15. The van der Waals surface area contributed by atoms with Crippen LogP contribution in [0, 0.1) is 11.3 Å². The van der Waals surface area contributed by atoms with Gasteiger partial charge in [-0.15, -0.1) is 0 Å². The van der Waals surface area contributed by atoms with E-state index >= 15 is 0 Å². The molecule has 0 aliphatic rings. The molecule has 20 heavy (non-hydrogen) atoms. The van der Waals surface area contributed by atoms with Crippen LogP contribution in [0.4, 0.5) is 0 Å². The van der Waals surface area contributed by atoms with Gasteiger partial charge in [0.25, 0.3) is 0 Å². The van der Waals surface area contributed by atoms with Crippen LogP contribution in [-0.4, -0.2) is 0 Å². The normalized spacial score (nSPS) is 11.8. The number of hydrogen-bond acceptors (Lipinski definition) is 2. The summed E-state index contributed by atoms with van der Waals surface area (Å²) in [4.78, 5) is 0. The van der Waals surface area contributed by atoms with Crippen molar-refractivity contribution >= 4 is 11.6 Å². The second-order valence-electron chi connectivity index (χ2n) is 4.71. The van der Waals surface area contributed by atoms with Crippen LogP contribution >= 0.6 is 11.6 Å². The van der Waals surface area contributed by atoms with Gasteiger partial charge in [0.2, 0.25) is 0 Å². The lowest BCUT2D eigenvalue weighted by Gasteiger charge is -2.18. The van der Waals surface area contributed by atoms with Crippen LogP contribution in [0.25, 0.3) is 0 Å². The largest absolute Gasteiger partial charge is 0.306 e. The molecular weight excluding hydrogens is 268 g/mol. The summed E-state index contributed by atoms with van der Waals surface area (Å²) >= 11 is 6.04. The van der Waals surface area contributed by atoms with E-state index < -0.39 is 0 Å². The Balaban J connectivity index is 2.06. The van der Waals surface area contributed by atoms with E-state index in [1.165, 1.54) is 5.56 Å². The van der Waals surface area contributed by atoms with Gasteiger partial charge in [0, 0.05) is 17.6 Å². The Bertz CT molecular complexity index is 616. The lowest BCUT2D eigenvalue weighted by molar-refractivity contribution is 0.519. The Hall–Kier alpha value is -1.82. The van der Waals surface area contributed by atoms with Crippen molar-refractivity contribution in [3.8, 4) is 6.07 Å². The topological polar surface area (TPSA) is 35.8 Å². The molecule has 102 valence electrons. The fraction of sp³-hybridized carbons (Fsp3) is 0.235. The molecule has 3 heteroatoms. The third-order valence-corrected chi connectivity index (χ3v) is 3.50. The Morgan fingerprint density at radius 1 is 1.20 bits per heavy atom. The van der Waals surface area contributed by atoms with Crippen molar-refractivity contribution in [1.82, 2.24) is 5.32 Å². The van der Waals surface area contributed by atoms with Crippen LogP contribution < -0.4 is 5.32 Å². The van der Waals surface area contributed by atoms with Crippen molar-refractivity contribution in [3.63, 3.8) is 0 Å². The van der Waals surface area contributed by atoms with Gasteiger partial charge in [-0.25, -0.2) is 0 Å². The smallest absolute Gasteiger partial charge is 0.0991 e. The highest BCUT2D eigenvalue weighted by Gasteiger charge is 2.09. The summed E-state index contributed by atoms with van der Waals surface area (Å²) in [6.45, 7) is 2.88. The third kappa shape index (κ3) is 3.84. The van der Waals surface area contributed by atoms with E-state index in [9.17, 15) is 0 Å². The third-order valence-electron chi connectivity index (χ3n) is 3.27. The number of rotatable bonds is 5. The van der Waals surface area contributed by atoms with Crippen LogP contribution in [-0.2, 0) is 6.54 Å². The number of nitrogens with one attached hydrogen (secondary N) is 1. The molecule has 2 rings (SSSR count). The van der Waals surface area contributed by atoms with Gasteiger partial charge in [0.15, 0.2) is 0 Å². The van der Waals surface area contributed by atoms with Crippen molar-refractivity contribution in [3.05, 3.63) is 70.2 Å². The highest BCUT2D eigenvalue weighted by molar-refractivity contribution is 6.30. The van der Waals surface area contributed by atoms with E-state index in [-0.39, 0.29) is 6.04 Å². The van der Waals surface area contributed by atoms with Gasteiger partial charge in [-0.2, -0.15) is 5.26 Å². The van der Waals surface area contributed by atoms with Crippen LogP contribution in [0.1, 0.15) is 36.1 Å². The molecule has 0 aromatic heterocycles. The Morgan fingerprint density at radius 2 is 2.00 bits per heavy atom. The first kappa shape index (κ1) is 14.6. The zero-order valence-electron chi connectivity index (χ0n) is 11.4. The summed E-state index contributed by atoms with van der Waals surface area (Å²) < 4.78 is 0. The van der Waals surface area contributed by atoms with E-state index in [1.807, 2.05) is 42.5 Å². The summed E-state index contributed by atoms with van der Waals surface area (Å²) in [5.74, 6) is 0. The molecule has 1 N–H and O–H groups in total. The molecule has 0 amide bonds. The Kier molecular flexibility index (Phi) is 5.17. The van der Waals surface area contributed by atoms with Crippen LogP contribution in [0.3, 0.4) is 0 Å². The van der Waals surface area contributed by atoms with Crippen molar-refractivity contribution in [1.29, 1.82) is 5.26 Å². The lowest BCUT2D eigenvalue weighted by atomic mass is 10.0. The first-order valence-electron chi connectivity index (χ1n) is 6.71. The summed E-state index contributed by atoms with van der Waals surface area (Å²) in [6.07, 6.45) is 0.984. The monoisotopic (exact) mass is 284 g/mol.